The number of hydrogen-bond acceptors (Lipinski definition) is 6. The molecule has 0 atom stereocenters. The smallest absolute Gasteiger partial charge is 0.179 e. The molecule has 3 heterocycles. The lowest BCUT2D eigenvalue weighted by Gasteiger charge is -2.39. The number of Topliss-reactive ketones (excluding diaryl/α,β-unsaturated/α-hetero) is 1. The fourth-order valence-corrected chi connectivity index (χ4v) is 4.32. The monoisotopic (exact) mass is 300 g/mol. The normalized spacial score (nSPS) is 20.5. The molecule has 1 fully saturated rings. The molecule has 0 aliphatic carbocycles. The van der Waals surface area contributed by atoms with Crippen molar-refractivity contribution < 1.29 is 4.79 Å². The van der Waals surface area contributed by atoms with Gasteiger partial charge >= 0.3 is 0 Å². The van der Waals surface area contributed by atoms with E-state index in [0.717, 1.165) is 42.0 Å². The number of thioether (sulfide) groups is 1. The number of ketones is 1. The van der Waals surface area contributed by atoms with Crippen LogP contribution in [0, 0.1) is 6.42 Å². The Labute approximate surface area is 126 Å². The van der Waals surface area contributed by atoms with E-state index in [2.05, 4.69) is 25.9 Å². The third kappa shape index (κ3) is 2.26. The van der Waals surface area contributed by atoms with Crippen LogP contribution >= 0.6 is 11.8 Å². The van der Waals surface area contributed by atoms with Gasteiger partial charge in [-0.05, 0) is 54.6 Å². The largest absolute Gasteiger partial charge is 0.317 e. The van der Waals surface area contributed by atoms with Gasteiger partial charge in [-0.2, -0.15) is 0 Å². The number of nitrogens with zero attached hydrogens (tertiary/aromatic N) is 3. The van der Waals surface area contributed by atoms with Crippen molar-refractivity contribution in [2.75, 3.05) is 13.1 Å². The first-order valence-corrected chi connectivity index (χ1v) is 7.76. The van der Waals surface area contributed by atoms with Crippen LogP contribution in [0.25, 0.3) is 11.4 Å². The number of carbonyl (C=O) groups excluding carboxylic acids is 1. The second kappa shape index (κ2) is 4.92. The van der Waals surface area contributed by atoms with Crippen LogP contribution in [0.15, 0.2) is 23.1 Å². The molecule has 1 aromatic carbocycles. The van der Waals surface area contributed by atoms with Crippen LogP contribution in [0.1, 0.15) is 23.2 Å². The minimum Gasteiger partial charge on any atom is -0.317 e. The first-order valence-electron chi connectivity index (χ1n) is 6.94. The number of aromatic amines is 1. The predicted octanol–water partition coefficient (Wildman–Crippen LogP) is 1.48. The van der Waals surface area contributed by atoms with Crippen molar-refractivity contribution in [3.05, 3.63) is 30.2 Å². The van der Waals surface area contributed by atoms with E-state index in [4.69, 9.17) is 0 Å². The zero-order chi connectivity index (χ0) is 14.3. The summed E-state index contributed by atoms with van der Waals surface area (Å²) in [5.41, 5.74) is 1.58. The third-order valence-corrected chi connectivity index (χ3v) is 5.53. The summed E-state index contributed by atoms with van der Waals surface area (Å²) in [4.78, 5) is 13.6. The molecule has 6 nitrogen and oxygen atoms in total. The number of hydrogen-bond donors (Lipinski definition) is 2. The summed E-state index contributed by atoms with van der Waals surface area (Å²) in [6.07, 6.45) is 3.90. The van der Waals surface area contributed by atoms with Gasteiger partial charge in [0.1, 0.15) is 0 Å². The van der Waals surface area contributed by atoms with Crippen molar-refractivity contribution in [1.82, 2.24) is 25.9 Å². The van der Waals surface area contributed by atoms with Crippen LogP contribution in [0.4, 0.5) is 0 Å². The Hall–Kier alpha value is -1.73. The molecule has 7 heteroatoms. The van der Waals surface area contributed by atoms with E-state index >= 15 is 0 Å². The summed E-state index contributed by atoms with van der Waals surface area (Å²) >= 11 is 1.81. The van der Waals surface area contributed by atoms with Crippen LogP contribution in [-0.2, 0) is 0 Å². The molecule has 21 heavy (non-hydrogen) atoms. The van der Waals surface area contributed by atoms with Crippen LogP contribution in [0.3, 0.4) is 0 Å². The first-order chi connectivity index (χ1) is 10.3. The molecule has 0 saturated carbocycles. The SMILES string of the molecule is O=C1[CH]C2(CCNCC2)Sc2ccc(-c3nnn[nH]3)cc21. The Kier molecular flexibility index (Phi) is 3.04. The summed E-state index contributed by atoms with van der Waals surface area (Å²) in [6, 6.07) is 5.84. The second-order valence-electron chi connectivity index (χ2n) is 5.39. The quantitative estimate of drug-likeness (QED) is 0.830. The molecule has 2 aliphatic rings. The average Bonchev–Trinajstić information content (AvgIpc) is 3.02. The van der Waals surface area contributed by atoms with E-state index in [1.165, 1.54) is 0 Å². The fourth-order valence-electron chi connectivity index (χ4n) is 2.90. The lowest BCUT2D eigenvalue weighted by molar-refractivity contribution is 0.101. The van der Waals surface area contributed by atoms with Crippen molar-refractivity contribution in [2.24, 2.45) is 0 Å². The Bertz CT molecular complexity index is 679. The molecule has 2 aliphatic heterocycles. The van der Waals surface area contributed by atoms with Crippen LogP contribution in [0.5, 0.6) is 0 Å². The Morgan fingerprint density at radius 3 is 2.86 bits per heavy atom. The Balaban J connectivity index is 1.71. The Morgan fingerprint density at radius 2 is 2.10 bits per heavy atom. The number of piperidine rings is 1. The number of carbonyl (C=O) groups is 1. The topological polar surface area (TPSA) is 83.6 Å². The third-order valence-electron chi connectivity index (χ3n) is 4.02. The molecule has 2 N–H and O–H groups in total. The number of rotatable bonds is 1. The lowest BCUT2D eigenvalue weighted by atomic mass is 9.88. The molecule has 4 rings (SSSR count). The van der Waals surface area contributed by atoms with Gasteiger partial charge in [0.15, 0.2) is 11.6 Å². The standard InChI is InChI=1S/C14H14N5OS/c20-11-8-14(3-5-15-6-4-14)21-12-2-1-9(7-10(11)12)13-16-18-19-17-13/h1-2,7-8,15H,3-6H2,(H,16,17,18,19). The molecular formula is C14H14N5OS. The maximum atomic E-state index is 12.5. The van der Waals surface area contributed by atoms with E-state index in [1.807, 2.05) is 36.4 Å². The summed E-state index contributed by atoms with van der Waals surface area (Å²) in [5, 5.41) is 17.1. The summed E-state index contributed by atoms with van der Waals surface area (Å²) in [5.74, 6) is 0.692. The van der Waals surface area contributed by atoms with E-state index < -0.39 is 0 Å². The maximum absolute atomic E-state index is 12.5. The molecule has 0 bridgehead atoms. The summed E-state index contributed by atoms with van der Waals surface area (Å²) in [7, 11) is 0. The highest BCUT2D eigenvalue weighted by Gasteiger charge is 2.40. The molecule has 1 radical (unpaired) electrons. The number of aromatic nitrogens is 4. The van der Waals surface area contributed by atoms with E-state index in [1.54, 1.807) is 0 Å². The van der Waals surface area contributed by atoms with Crippen molar-refractivity contribution in [3.63, 3.8) is 0 Å². The lowest BCUT2D eigenvalue weighted by Crippen LogP contribution is -2.43. The van der Waals surface area contributed by atoms with E-state index in [-0.39, 0.29) is 10.5 Å². The zero-order valence-corrected chi connectivity index (χ0v) is 12.1. The summed E-state index contributed by atoms with van der Waals surface area (Å²) in [6.45, 7) is 1.93. The van der Waals surface area contributed by atoms with Crippen LogP contribution in [-0.4, -0.2) is 44.2 Å². The minimum absolute atomic E-state index is 0.0371. The predicted molar refractivity (Wildman–Crippen MR) is 78.9 cm³/mol. The highest BCUT2D eigenvalue weighted by atomic mass is 32.2. The molecule has 1 spiro atoms. The van der Waals surface area contributed by atoms with E-state index in [0.29, 0.717) is 5.82 Å². The van der Waals surface area contributed by atoms with Gasteiger partial charge in [-0.3, -0.25) is 4.79 Å². The minimum atomic E-state index is -0.0371. The molecule has 0 amide bonds. The molecular weight excluding hydrogens is 286 g/mol. The maximum Gasteiger partial charge on any atom is 0.179 e. The number of H-pyrrole nitrogens is 1. The average molecular weight is 300 g/mol. The van der Waals surface area contributed by atoms with E-state index in [9.17, 15) is 4.79 Å². The van der Waals surface area contributed by atoms with Crippen LogP contribution in [0.2, 0.25) is 0 Å². The Morgan fingerprint density at radius 1 is 1.24 bits per heavy atom. The van der Waals surface area contributed by atoms with Crippen molar-refractivity contribution in [3.8, 4) is 11.4 Å². The number of tetrazole rings is 1. The van der Waals surface area contributed by atoms with Gasteiger partial charge < -0.3 is 5.32 Å². The molecule has 2 aromatic rings. The number of nitrogens with one attached hydrogen (secondary N) is 2. The van der Waals surface area contributed by atoms with Gasteiger partial charge in [-0.25, -0.2) is 5.10 Å². The fraction of sp³-hybridized carbons (Fsp3) is 0.357. The number of benzene rings is 1. The first kappa shape index (κ1) is 13.0. The highest BCUT2D eigenvalue weighted by molar-refractivity contribution is 8.01. The zero-order valence-electron chi connectivity index (χ0n) is 11.3. The molecule has 107 valence electrons. The van der Waals surface area contributed by atoms with Gasteiger partial charge in [0.2, 0.25) is 0 Å². The second-order valence-corrected chi connectivity index (χ2v) is 6.84. The van der Waals surface area contributed by atoms with Gasteiger partial charge in [0.25, 0.3) is 0 Å². The highest BCUT2D eigenvalue weighted by Crippen LogP contribution is 2.47. The van der Waals surface area contributed by atoms with Gasteiger partial charge in [0, 0.05) is 27.2 Å². The van der Waals surface area contributed by atoms with Crippen molar-refractivity contribution >= 4 is 17.5 Å². The summed E-state index contributed by atoms with van der Waals surface area (Å²) < 4.78 is -0.0371. The van der Waals surface area contributed by atoms with Gasteiger partial charge in [-0.15, -0.1) is 16.9 Å². The van der Waals surface area contributed by atoms with Crippen molar-refractivity contribution in [1.29, 1.82) is 0 Å². The molecule has 1 saturated heterocycles. The van der Waals surface area contributed by atoms with Crippen LogP contribution < -0.4 is 5.32 Å². The number of fused-ring (bicyclic) bond motifs is 1. The van der Waals surface area contributed by atoms with Crippen molar-refractivity contribution in [2.45, 2.75) is 22.5 Å². The molecule has 1 aromatic heterocycles. The van der Waals surface area contributed by atoms with Gasteiger partial charge in [-0.1, -0.05) is 0 Å². The molecule has 0 unspecified atom stereocenters. The van der Waals surface area contributed by atoms with Gasteiger partial charge in [0.05, 0.1) is 0 Å².